The first-order chi connectivity index (χ1) is 9.30. The zero-order valence-corrected chi connectivity index (χ0v) is 9.77. The topological polar surface area (TPSA) is 87.7 Å². The van der Waals surface area contributed by atoms with Crippen molar-refractivity contribution in [2.24, 2.45) is 5.92 Å². The van der Waals surface area contributed by atoms with Gasteiger partial charge in [-0.1, -0.05) is 12.1 Å². The number of amides is 1. The smallest absolute Gasteiger partial charge is 0.374 e. The molecule has 9 heteroatoms. The van der Waals surface area contributed by atoms with Gasteiger partial charge in [0.25, 0.3) is 0 Å². The van der Waals surface area contributed by atoms with Crippen LogP contribution in [-0.4, -0.2) is 23.2 Å². The van der Waals surface area contributed by atoms with Crippen LogP contribution in [0.4, 0.5) is 18.9 Å². The number of hydrogen-bond acceptors (Lipinski definition) is 5. The molecular formula is C11H9F3N2O4. The highest BCUT2D eigenvalue weighted by Crippen LogP contribution is 2.34. The summed E-state index contributed by atoms with van der Waals surface area (Å²) in [6.07, 6.45) is -6.27. The van der Waals surface area contributed by atoms with E-state index in [0.29, 0.717) is 0 Å². The molecule has 0 aliphatic carbocycles. The van der Waals surface area contributed by atoms with Crippen LogP contribution in [0.2, 0.25) is 0 Å². The predicted molar refractivity (Wildman–Crippen MR) is 58.8 cm³/mol. The van der Waals surface area contributed by atoms with Gasteiger partial charge in [0.1, 0.15) is 0 Å². The van der Waals surface area contributed by atoms with Crippen molar-refractivity contribution < 1.29 is 32.7 Å². The van der Waals surface area contributed by atoms with E-state index in [9.17, 15) is 27.9 Å². The Morgan fingerprint density at radius 3 is 2.55 bits per heavy atom. The number of hydroxylamine groups is 1. The average Bonchev–Trinajstić information content (AvgIpc) is 2.68. The van der Waals surface area contributed by atoms with Gasteiger partial charge in [-0.3, -0.25) is 4.79 Å². The van der Waals surface area contributed by atoms with Crippen molar-refractivity contribution in [2.75, 3.05) is 5.32 Å². The Morgan fingerprint density at radius 1 is 1.35 bits per heavy atom. The maximum Gasteiger partial charge on any atom is 0.418 e. The molecule has 0 spiro atoms. The number of benzene rings is 1. The van der Waals surface area contributed by atoms with Gasteiger partial charge in [-0.25, -0.2) is 4.79 Å². The van der Waals surface area contributed by atoms with Gasteiger partial charge in [-0.05, 0) is 12.1 Å². The summed E-state index contributed by atoms with van der Waals surface area (Å²) >= 11 is 0. The molecule has 1 amide bonds. The summed E-state index contributed by atoms with van der Waals surface area (Å²) < 4.78 is 38.2. The predicted octanol–water partition coefficient (Wildman–Crippen LogP) is 0.640. The summed E-state index contributed by atoms with van der Waals surface area (Å²) in [6, 6.07) is 4.29. The summed E-state index contributed by atoms with van der Waals surface area (Å²) in [5, 5.41) is 11.3. The minimum absolute atomic E-state index is 0.503. The van der Waals surface area contributed by atoms with Crippen LogP contribution in [0, 0.1) is 5.92 Å². The van der Waals surface area contributed by atoms with Crippen LogP contribution in [0.5, 0.6) is 0 Å². The van der Waals surface area contributed by atoms with Crippen LogP contribution in [0.1, 0.15) is 5.56 Å². The first-order valence-electron chi connectivity index (χ1n) is 5.42. The molecule has 0 bridgehead atoms. The van der Waals surface area contributed by atoms with E-state index < -0.39 is 41.4 Å². The van der Waals surface area contributed by atoms with E-state index in [2.05, 4.69) is 4.84 Å². The molecular weight excluding hydrogens is 281 g/mol. The van der Waals surface area contributed by atoms with E-state index in [1.54, 1.807) is 0 Å². The molecule has 1 heterocycles. The largest absolute Gasteiger partial charge is 0.418 e. The summed E-state index contributed by atoms with van der Waals surface area (Å²) in [5.41, 5.74) is 0.297. The lowest BCUT2D eigenvalue weighted by atomic mass is 10.1. The minimum atomic E-state index is -4.66. The fraction of sp³-hybridized carbons (Fsp3) is 0.273. The second kappa shape index (κ2) is 5.10. The van der Waals surface area contributed by atoms with Gasteiger partial charge in [-0.2, -0.15) is 13.2 Å². The van der Waals surface area contributed by atoms with Crippen LogP contribution in [0.3, 0.4) is 0 Å². The lowest BCUT2D eigenvalue weighted by Gasteiger charge is -2.15. The number of aliphatic hydroxyl groups is 1. The average molecular weight is 290 g/mol. The number of aliphatic hydroxyl groups excluding tert-OH is 1. The SMILES string of the molecule is O=C(Nc1ccccc1C(F)(F)F)C1C(=O)ONC1O. The van der Waals surface area contributed by atoms with Gasteiger partial charge in [0.05, 0.1) is 11.3 Å². The number of rotatable bonds is 2. The van der Waals surface area contributed by atoms with E-state index in [-0.39, 0.29) is 0 Å². The maximum absolute atomic E-state index is 12.7. The number of hydrogen-bond donors (Lipinski definition) is 3. The molecule has 20 heavy (non-hydrogen) atoms. The molecule has 2 atom stereocenters. The molecule has 1 aliphatic heterocycles. The molecule has 0 radical (unpaired) electrons. The van der Waals surface area contributed by atoms with Crippen molar-refractivity contribution in [3.63, 3.8) is 0 Å². The van der Waals surface area contributed by atoms with E-state index in [4.69, 9.17) is 0 Å². The van der Waals surface area contributed by atoms with E-state index in [1.165, 1.54) is 12.1 Å². The van der Waals surface area contributed by atoms with Crippen LogP contribution in [0.25, 0.3) is 0 Å². The first-order valence-corrected chi connectivity index (χ1v) is 5.42. The van der Waals surface area contributed by atoms with Crippen LogP contribution < -0.4 is 10.8 Å². The van der Waals surface area contributed by atoms with E-state index >= 15 is 0 Å². The number of carbonyl (C=O) groups excluding carboxylic acids is 2. The number of nitrogens with one attached hydrogen (secondary N) is 2. The highest BCUT2D eigenvalue weighted by molar-refractivity contribution is 6.06. The molecule has 1 aromatic rings. The normalized spacial score (nSPS) is 22.5. The maximum atomic E-state index is 12.7. The van der Waals surface area contributed by atoms with Crippen molar-refractivity contribution >= 4 is 17.6 Å². The molecule has 2 unspecified atom stereocenters. The number of para-hydroxylation sites is 1. The van der Waals surface area contributed by atoms with E-state index in [1.807, 2.05) is 10.8 Å². The fourth-order valence-corrected chi connectivity index (χ4v) is 1.68. The molecule has 1 aromatic carbocycles. The summed E-state index contributed by atoms with van der Waals surface area (Å²) in [4.78, 5) is 27.1. The van der Waals surface area contributed by atoms with E-state index in [0.717, 1.165) is 12.1 Å². The quantitative estimate of drug-likeness (QED) is 0.696. The summed E-state index contributed by atoms with van der Waals surface area (Å²) in [7, 11) is 0. The highest BCUT2D eigenvalue weighted by Gasteiger charge is 2.42. The van der Waals surface area contributed by atoms with Crippen molar-refractivity contribution in [3.05, 3.63) is 29.8 Å². The third-order valence-electron chi connectivity index (χ3n) is 2.62. The third-order valence-corrected chi connectivity index (χ3v) is 2.62. The van der Waals surface area contributed by atoms with Crippen molar-refractivity contribution in [1.29, 1.82) is 0 Å². The number of halogens is 3. The van der Waals surface area contributed by atoms with Crippen molar-refractivity contribution in [3.8, 4) is 0 Å². The highest BCUT2D eigenvalue weighted by atomic mass is 19.4. The van der Waals surface area contributed by atoms with Crippen molar-refractivity contribution in [1.82, 2.24) is 5.48 Å². The molecule has 1 fully saturated rings. The minimum Gasteiger partial charge on any atom is -0.374 e. The Kier molecular flexibility index (Phi) is 3.64. The number of alkyl halides is 3. The first kappa shape index (κ1) is 14.3. The zero-order valence-electron chi connectivity index (χ0n) is 9.77. The molecule has 108 valence electrons. The van der Waals surface area contributed by atoms with Crippen LogP contribution in [-0.2, 0) is 20.6 Å². The Labute approximate surface area is 110 Å². The monoisotopic (exact) mass is 290 g/mol. The molecule has 0 saturated carbocycles. The summed E-state index contributed by atoms with van der Waals surface area (Å²) in [5.74, 6) is -3.79. The van der Waals surface area contributed by atoms with Gasteiger partial charge in [0.2, 0.25) is 5.91 Å². The Bertz CT molecular complexity index is 547. The third kappa shape index (κ3) is 2.73. The molecule has 2 rings (SSSR count). The molecule has 6 nitrogen and oxygen atoms in total. The molecule has 1 aliphatic rings. The lowest BCUT2D eigenvalue weighted by Crippen LogP contribution is -2.36. The Morgan fingerprint density at radius 2 is 2.00 bits per heavy atom. The van der Waals surface area contributed by atoms with Gasteiger partial charge < -0.3 is 15.3 Å². The molecule has 3 N–H and O–H groups in total. The number of carbonyl (C=O) groups is 2. The second-order valence-corrected chi connectivity index (χ2v) is 3.99. The molecule has 0 aromatic heterocycles. The lowest BCUT2D eigenvalue weighted by molar-refractivity contribution is -0.147. The van der Waals surface area contributed by atoms with Gasteiger partial charge in [0.15, 0.2) is 12.1 Å². The zero-order chi connectivity index (χ0) is 14.9. The van der Waals surface area contributed by atoms with Crippen LogP contribution >= 0.6 is 0 Å². The Hall–Kier alpha value is -2.13. The molecule has 1 saturated heterocycles. The number of anilines is 1. The Balaban J connectivity index is 2.23. The summed E-state index contributed by atoms with van der Waals surface area (Å²) in [6.45, 7) is 0. The van der Waals surface area contributed by atoms with Crippen LogP contribution in [0.15, 0.2) is 24.3 Å². The van der Waals surface area contributed by atoms with Gasteiger partial charge in [-0.15, -0.1) is 5.48 Å². The van der Waals surface area contributed by atoms with Gasteiger partial charge >= 0.3 is 12.1 Å². The van der Waals surface area contributed by atoms with Gasteiger partial charge in [0, 0.05) is 0 Å². The van der Waals surface area contributed by atoms with Crippen molar-refractivity contribution in [2.45, 2.75) is 12.4 Å². The fourth-order valence-electron chi connectivity index (χ4n) is 1.68. The second-order valence-electron chi connectivity index (χ2n) is 3.99. The standard InChI is InChI=1S/C11H9F3N2O4/c12-11(13,14)5-3-1-2-4-6(5)15-8(17)7-9(18)16-20-10(7)19/h1-4,7,9,16,18H,(H,15,17).